The first-order valence-electron chi connectivity index (χ1n) is 10.2. The van der Waals surface area contributed by atoms with Crippen LogP contribution in [0, 0.1) is 0 Å². The van der Waals surface area contributed by atoms with Crippen molar-refractivity contribution in [3.05, 3.63) is 64.6 Å². The molecule has 0 spiro atoms. The van der Waals surface area contributed by atoms with E-state index in [9.17, 15) is 18.0 Å². The Labute approximate surface area is 181 Å². The van der Waals surface area contributed by atoms with Crippen LogP contribution in [0.5, 0.6) is 0 Å². The summed E-state index contributed by atoms with van der Waals surface area (Å²) in [6, 6.07) is 12.2. The molecule has 0 radical (unpaired) electrons. The van der Waals surface area contributed by atoms with E-state index in [1.54, 1.807) is 76.2 Å². The fourth-order valence-corrected chi connectivity index (χ4v) is 4.98. The minimum Gasteiger partial charge on any atom is -0.408 e. The normalized spacial score (nSPS) is 14.0. The van der Waals surface area contributed by atoms with Crippen LogP contribution in [0.25, 0.3) is 11.1 Å². The summed E-state index contributed by atoms with van der Waals surface area (Å²) in [6.45, 7) is 7.81. The van der Waals surface area contributed by atoms with Gasteiger partial charge in [0.05, 0.1) is 16.5 Å². The molecular weight excluding hydrogens is 418 g/mol. The zero-order chi connectivity index (χ0) is 22.8. The van der Waals surface area contributed by atoms with E-state index in [2.05, 4.69) is 5.32 Å². The Bertz CT molecular complexity index is 1220. The van der Waals surface area contributed by atoms with Gasteiger partial charge in [-0.25, -0.2) is 13.2 Å². The fourth-order valence-electron chi connectivity index (χ4n) is 3.53. The van der Waals surface area contributed by atoms with Crippen molar-refractivity contribution in [1.29, 1.82) is 0 Å². The maximum atomic E-state index is 12.8. The summed E-state index contributed by atoms with van der Waals surface area (Å²) < 4.78 is 33.2. The highest BCUT2D eigenvalue weighted by Gasteiger charge is 2.24. The van der Waals surface area contributed by atoms with Gasteiger partial charge in [-0.2, -0.15) is 4.31 Å². The molecule has 8 nitrogen and oxygen atoms in total. The maximum Gasteiger partial charge on any atom is 0.420 e. The SMILES string of the molecule is CCN(CC)S(=O)(=O)c1ccc(C(C)NC(=O)C(C)n2c(=O)oc3ccccc32)cc1. The molecule has 1 aromatic heterocycles. The van der Waals surface area contributed by atoms with E-state index in [1.165, 1.54) is 8.87 Å². The number of rotatable bonds is 8. The zero-order valence-electron chi connectivity index (χ0n) is 18.0. The van der Waals surface area contributed by atoms with Gasteiger partial charge in [0.2, 0.25) is 15.9 Å². The lowest BCUT2D eigenvalue weighted by Crippen LogP contribution is -2.35. The van der Waals surface area contributed by atoms with Gasteiger partial charge in [0.15, 0.2) is 5.58 Å². The number of oxazole rings is 1. The monoisotopic (exact) mass is 445 g/mol. The Hall–Kier alpha value is -2.91. The quantitative estimate of drug-likeness (QED) is 0.574. The number of aromatic nitrogens is 1. The highest BCUT2D eigenvalue weighted by atomic mass is 32.2. The summed E-state index contributed by atoms with van der Waals surface area (Å²) in [5.74, 6) is -0.941. The van der Waals surface area contributed by atoms with Crippen molar-refractivity contribution in [2.24, 2.45) is 0 Å². The Morgan fingerprint density at radius 1 is 1.06 bits per heavy atom. The van der Waals surface area contributed by atoms with Gasteiger partial charge < -0.3 is 9.73 Å². The Kier molecular flexibility index (Phi) is 6.66. The third kappa shape index (κ3) is 4.42. The van der Waals surface area contributed by atoms with Gasteiger partial charge in [-0.05, 0) is 43.7 Å². The van der Waals surface area contributed by atoms with Crippen molar-refractivity contribution < 1.29 is 17.6 Å². The first-order chi connectivity index (χ1) is 14.7. The number of benzene rings is 2. The van der Waals surface area contributed by atoms with Crippen LogP contribution >= 0.6 is 0 Å². The average Bonchev–Trinajstić information content (AvgIpc) is 3.09. The van der Waals surface area contributed by atoms with Gasteiger partial charge in [0.25, 0.3) is 0 Å². The van der Waals surface area contributed by atoms with Crippen molar-refractivity contribution in [2.45, 2.75) is 44.7 Å². The molecule has 1 heterocycles. The van der Waals surface area contributed by atoms with E-state index >= 15 is 0 Å². The van der Waals surface area contributed by atoms with Gasteiger partial charge in [0.1, 0.15) is 6.04 Å². The number of nitrogens with one attached hydrogen (secondary N) is 1. The second-order valence-electron chi connectivity index (χ2n) is 7.27. The number of sulfonamides is 1. The molecule has 2 unspecified atom stereocenters. The molecule has 0 bridgehead atoms. The van der Waals surface area contributed by atoms with Crippen LogP contribution in [0.2, 0.25) is 0 Å². The number of carbonyl (C=O) groups excluding carboxylic acids is 1. The van der Waals surface area contributed by atoms with Crippen LogP contribution in [0.15, 0.2) is 62.6 Å². The molecule has 3 rings (SSSR count). The van der Waals surface area contributed by atoms with Crippen LogP contribution in [0.3, 0.4) is 0 Å². The number of nitrogens with zero attached hydrogens (tertiary/aromatic N) is 2. The van der Waals surface area contributed by atoms with Gasteiger partial charge in [-0.3, -0.25) is 9.36 Å². The molecule has 2 aromatic carbocycles. The molecule has 31 heavy (non-hydrogen) atoms. The topological polar surface area (TPSA) is 102 Å². The molecule has 166 valence electrons. The van der Waals surface area contributed by atoms with Crippen molar-refractivity contribution in [1.82, 2.24) is 14.2 Å². The molecule has 0 saturated heterocycles. The minimum absolute atomic E-state index is 0.211. The van der Waals surface area contributed by atoms with Crippen LogP contribution < -0.4 is 11.1 Å². The zero-order valence-corrected chi connectivity index (χ0v) is 18.8. The van der Waals surface area contributed by atoms with Gasteiger partial charge in [-0.15, -0.1) is 0 Å². The molecule has 9 heteroatoms. The third-order valence-corrected chi connectivity index (χ3v) is 7.43. The van der Waals surface area contributed by atoms with E-state index in [1.807, 2.05) is 0 Å². The molecule has 1 N–H and O–H groups in total. The Morgan fingerprint density at radius 2 is 1.68 bits per heavy atom. The summed E-state index contributed by atoms with van der Waals surface area (Å²) in [4.78, 5) is 25.2. The van der Waals surface area contributed by atoms with E-state index < -0.39 is 21.8 Å². The number of carbonyl (C=O) groups is 1. The summed E-state index contributed by atoms with van der Waals surface area (Å²) in [5.41, 5.74) is 1.72. The Morgan fingerprint density at radius 3 is 2.29 bits per heavy atom. The predicted molar refractivity (Wildman–Crippen MR) is 118 cm³/mol. The number of hydrogen-bond acceptors (Lipinski definition) is 5. The van der Waals surface area contributed by atoms with Crippen LogP contribution in [-0.2, 0) is 14.8 Å². The van der Waals surface area contributed by atoms with E-state index in [4.69, 9.17) is 4.42 Å². The summed E-state index contributed by atoms with van der Waals surface area (Å²) in [7, 11) is -3.54. The molecule has 1 amide bonds. The number of amides is 1. The van der Waals surface area contributed by atoms with Gasteiger partial charge in [-0.1, -0.05) is 38.1 Å². The predicted octanol–water partition coefficient (Wildman–Crippen LogP) is 3.06. The minimum atomic E-state index is -3.54. The standard InChI is InChI=1S/C22H27N3O5S/c1-5-24(6-2)31(28,29)18-13-11-17(12-14-18)15(3)23-21(26)16(4)25-19-9-7-8-10-20(19)30-22(25)27/h7-16H,5-6H2,1-4H3,(H,23,26). The molecule has 3 aromatic rings. The fraction of sp³-hybridized carbons (Fsp3) is 0.364. The lowest BCUT2D eigenvalue weighted by atomic mass is 10.1. The van der Waals surface area contributed by atoms with Crippen molar-refractivity contribution in [3.63, 3.8) is 0 Å². The summed E-state index contributed by atoms with van der Waals surface area (Å²) in [6.07, 6.45) is 0. The van der Waals surface area contributed by atoms with Crippen LogP contribution in [0.4, 0.5) is 0 Å². The molecule has 0 aliphatic heterocycles. The van der Waals surface area contributed by atoms with E-state index in [-0.39, 0.29) is 16.8 Å². The lowest BCUT2D eigenvalue weighted by molar-refractivity contribution is -0.124. The first-order valence-corrected chi connectivity index (χ1v) is 11.6. The molecule has 0 aliphatic carbocycles. The van der Waals surface area contributed by atoms with Crippen LogP contribution in [-0.4, -0.2) is 36.3 Å². The summed E-state index contributed by atoms with van der Waals surface area (Å²) in [5, 5.41) is 2.88. The highest BCUT2D eigenvalue weighted by Crippen LogP contribution is 2.21. The molecule has 0 saturated carbocycles. The van der Waals surface area contributed by atoms with E-state index in [0.717, 1.165) is 5.56 Å². The molecular formula is C22H27N3O5S. The number of fused-ring (bicyclic) bond motifs is 1. The third-order valence-electron chi connectivity index (χ3n) is 5.37. The smallest absolute Gasteiger partial charge is 0.408 e. The van der Waals surface area contributed by atoms with Crippen molar-refractivity contribution in [3.8, 4) is 0 Å². The first kappa shape index (κ1) is 22.8. The molecule has 0 aliphatic rings. The number of hydrogen-bond donors (Lipinski definition) is 1. The highest BCUT2D eigenvalue weighted by molar-refractivity contribution is 7.89. The largest absolute Gasteiger partial charge is 0.420 e. The van der Waals surface area contributed by atoms with E-state index in [0.29, 0.717) is 24.2 Å². The lowest BCUT2D eigenvalue weighted by Gasteiger charge is -2.20. The summed E-state index contributed by atoms with van der Waals surface area (Å²) >= 11 is 0. The van der Waals surface area contributed by atoms with Crippen molar-refractivity contribution >= 4 is 27.0 Å². The van der Waals surface area contributed by atoms with Crippen LogP contribution in [0.1, 0.15) is 45.3 Å². The second-order valence-corrected chi connectivity index (χ2v) is 9.21. The van der Waals surface area contributed by atoms with Crippen molar-refractivity contribution in [2.75, 3.05) is 13.1 Å². The Balaban J connectivity index is 1.76. The van der Waals surface area contributed by atoms with Gasteiger partial charge in [0, 0.05) is 13.1 Å². The average molecular weight is 446 g/mol. The molecule has 2 atom stereocenters. The maximum absolute atomic E-state index is 12.8. The van der Waals surface area contributed by atoms with Gasteiger partial charge >= 0.3 is 5.76 Å². The molecule has 0 fully saturated rings. The second kappa shape index (κ2) is 9.07. The number of para-hydroxylation sites is 2.